The molecule has 2 aliphatic heterocycles. The van der Waals surface area contributed by atoms with E-state index in [2.05, 4.69) is 10.3 Å². The summed E-state index contributed by atoms with van der Waals surface area (Å²) < 4.78 is 24.7. The van der Waals surface area contributed by atoms with E-state index in [1.165, 1.54) is 24.0 Å². The maximum absolute atomic E-state index is 12.5. The van der Waals surface area contributed by atoms with Gasteiger partial charge in [0.15, 0.2) is 15.9 Å². The molecule has 0 radical (unpaired) electrons. The molecule has 10 heteroatoms. The Labute approximate surface area is 114 Å². The van der Waals surface area contributed by atoms with Crippen molar-refractivity contribution in [2.45, 2.75) is 36.1 Å². The summed E-state index contributed by atoms with van der Waals surface area (Å²) in [4.78, 5) is 24.0. The van der Waals surface area contributed by atoms with Gasteiger partial charge in [-0.1, -0.05) is 5.21 Å². The second-order valence-corrected chi connectivity index (χ2v) is 7.73. The fourth-order valence-electron chi connectivity index (χ4n) is 2.93. The lowest BCUT2D eigenvalue weighted by atomic mass is 9.97. The molecule has 2 fully saturated rings. The van der Waals surface area contributed by atoms with Crippen molar-refractivity contribution in [3.63, 3.8) is 0 Å². The van der Waals surface area contributed by atoms with Crippen LogP contribution in [-0.4, -0.2) is 61.5 Å². The quantitative estimate of drug-likeness (QED) is 0.672. The predicted octanol–water partition coefficient (Wildman–Crippen LogP) is -1.52. The first kappa shape index (κ1) is 13.0. The highest BCUT2D eigenvalue weighted by Gasteiger charge is 2.70. The summed E-state index contributed by atoms with van der Waals surface area (Å²) >= 11 is 0. The van der Waals surface area contributed by atoms with E-state index < -0.39 is 37.9 Å². The predicted molar refractivity (Wildman–Crippen MR) is 64.0 cm³/mol. The Morgan fingerprint density at radius 3 is 2.80 bits per heavy atom. The molecule has 2 saturated heterocycles. The first-order valence-corrected chi connectivity index (χ1v) is 7.45. The van der Waals surface area contributed by atoms with Gasteiger partial charge in [-0.2, -0.15) is 0 Å². The lowest BCUT2D eigenvalue weighted by Gasteiger charge is -2.35. The summed E-state index contributed by atoms with van der Waals surface area (Å²) in [5, 5.41) is 15.6. The molecule has 0 spiro atoms. The number of β-lactam (4-membered cyclic amide) rings is 1. The molecular formula is C10H12N4O5S. The number of aliphatic carboxylic acids is 1. The van der Waals surface area contributed by atoms with Crippen LogP contribution in [0.1, 0.15) is 13.3 Å². The molecule has 20 heavy (non-hydrogen) atoms. The molecule has 1 amide bonds. The van der Waals surface area contributed by atoms with Crippen molar-refractivity contribution < 1.29 is 23.1 Å². The van der Waals surface area contributed by atoms with Crippen LogP contribution in [-0.2, 0) is 26.0 Å². The van der Waals surface area contributed by atoms with Crippen LogP contribution in [0.15, 0.2) is 12.4 Å². The molecule has 0 bridgehead atoms. The average Bonchev–Trinajstić information content (AvgIpc) is 2.87. The number of amides is 1. The SMILES string of the molecule is C[C@]1(C[15n]2cc[15n][15n]2)[C@H](C(=O)O)N2C(=O)C[C@H]2S1(=O)=O. The van der Waals surface area contributed by atoms with E-state index in [9.17, 15) is 23.1 Å². The van der Waals surface area contributed by atoms with E-state index in [4.69, 9.17) is 0 Å². The summed E-state index contributed by atoms with van der Waals surface area (Å²) in [6.07, 6.45) is 2.68. The summed E-state index contributed by atoms with van der Waals surface area (Å²) in [7, 11) is -3.80. The Bertz CT molecular complexity index is 685. The molecule has 108 valence electrons. The number of hydrogen-bond acceptors (Lipinski definition) is 6. The third kappa shape index (κ3) is 1.39. The van der Waals surface area contributed by atoms with Crippen molar-refractivity contribution >= 4 is 21.7 Å². The number of carboxylic acid groups (broad SMARTS) is 1. The molecule has 0 unspecified atom stereocenters. The van der Waals surface area contributed by atoms with Crippen molar-refractivity contribution in [2.75, 3.05) is 0 Å². The van der Waals surface area contributed by atoms with E-state index in [0.717, 1.165) is 4.90 Å². The van der Waals surface area contributed by atoms with Gasteiger partial charge in [-0.05, 0) is 6.92 Å². The zero-order valence-corrected chi connectivity index (χ0v) is 11.3. The summed E-state index contributed by atoms with van der Waals surface area (Å²) in [5.74, 6) is -1.78. The largest absolute Gasteiger partial charge is 0.480 e. The van der Waals surface area contributed by atoms with Gasteiger partial charge in [-0.15, -0.1) is 5.10 Å². The van der Waals surface area contributed by atoms with Gasteiger partial charge >= 0.3 is 5.97 Å². The van der Waals surface area contributed by atoms with Crippen molar-refractivity contribution in [1.82, 2.24) is 19.9 Å². The van der Waals surface area contributed by atoms with E-state index >= 15 is 0 Å². The van der Waals surface area contributed by atoms with Crippen LogP contribution in [0.3, 0.4) is 0 Å². The minimum atomic E-state index is -3.80. The summed E-state index contributed by atoms with van der Waals surface area (Å²) in [5.41, 5.74) is 0. The summed E-state index contributed by atoms with van der Waals surface area (Å²) in [6.45, 7) is 1.18. The average molecular weight is 303 g/mol. The zero-order chi connectivity index (χ0) is 14.7. The molecule has 0 aromatic carbocycles. The molecule has 3 heterocycles. The second kappa shape index (κ2) is 3.78. The fourth-order valence-corrected chi connectivity index (χ4v) is 5.29. The maximum atomic E-state index is 12.5. The molecular weight excluding hydrogens is 291 g/mol. The molecule has 2 aliphatic rings. The highest BCUT2D eigenvalue weighted by atomic mass is 32.2. The summed E-state index contributed by atoms with van der Waals surface area (Å²) in [6, 6.07) is -1.40. The lowest BCUT2D eigenvalue weighted by molar-refractivity contribution is -0.157. The first-order chi connectivity index (χ1) is 9.29. The number of nitrogens with zero attached hydrogens (tertiary/aromatic N) is 4. The van der Waals surface area contributed by atoms with E-state index in [1.54, 1.807) is 0 Å². The highest BCUT2D eigenvalue weighted by Crippen LogP contribution is 2.46. The molecule has 3 atom stereocenters. The van der Waals surface area contributed by atoms with Gasteiger partial charge in [0.25, 0.3) is 0 Å². The molecule has 0 saturated carbocycles. The van der Waals surface area contributed by atoms with E-state index in [1.807, 2.05) is 0 Å². The van der Waals surface area contributed by atoms with Crippen molar-refractivity contribution in [3.8, 4) is 0 Å². The monoisotopic (exact) mass is 303 g/mol. The number of carbonyl (C=O) groups is 2. The molecule has 3 rings (SSSR count). The lowest BCUT2D eigenvalue weighted by Crippen LogP contribution is -2.58. The van der Waals surface area contributed by atoms with Gasteiger partial charge in [0.2, 0.25) is 5.91 Å². The number of hydrogen-bond donors (Lipinski definition) is 1. The minimum absolute atomic E-state index is 0.154. The highest BCUT2D eigenvalue weighted by molar-refractivity contribution is 7.93. The Kier molecular flexibility index (Phi) is 2.46. The van der Waals surface area contributed by atoms with E-state index in [-0.39, 0.29) is 13.0 Å². The third-order valence-electron chi connectivity index (χ3n) is 3.99. The first-order valence-electron chi connectivity index (χ1n) is 5.90. The zero-order valence-electron chi connectivity index (χ0n) is 10.5. The third-order valence-corrected chi connectivity index (χ3v) is 6.76. The standard InChI is InChI=1S/C10H12N4O5S/c1-10(5-13-3-2-11-12-13)8(9(16)17)14-6(15)4-7(14)20(10,18)19/h2-3,7-8H,4-5H2,1H3,(H,16,17)/t7-,8+,10+/m1/s1/i11+1,12+1,13+1. The topological polar surface area (TPSA) is 122 Å². The smallest absolute Gasteiger partial charge is 0.328 e. The van der Waals surface area contributed by atoms with E-state index in [0.29, 0.717) is 0 Å². The van der Waals surface area contributed by atoms with Gasteiger partial charge in [0.1, 0.15) is 10.1 Å². The van der Waals surface area contributed by atoms with Gasteiger partial charge in [0, 0.05) is 6.20 Å². The normalized spacial score (nSPS) is 34.6. The van der Waals surface area contributed by atoms with Crippen LogP contribution in [0, 0.1) is 0 Å². The number of carbonyl (C=O) groups excluding carboxylic acids is 1. The maximum Gasteiger partial charge on any atom is 0.328 e. The number of sulfone groups is 1. The van der Waals surface area contributed by atoms with Crippen LogP contribution >= 0.6 is 0 Å². The van der Waals surface area contributed by atoms with Crippen molar-refractivity contribution in [2.24, 2.45) is 0 Å². The Hall–Kier alpha value is -1.97. The number of rotatable bonds is 3. The molecule has 9 nitrogen and oxygen atoms in total. The van der Waals surface area contributed by atoms with Crippen LogP contribution in [0.5, 0.6) is 0 Å². The van der Waals surface area contributed by atoms with Crippen LogP contribution in [0.25, 0.3) is 0 Å². The molecule has 1 N–H and O–H groups in total. The van der Waals surface area contributed by atoms with Gasteiger partial charge in [-0.25, -0.2) is 13.2 Å². The van der Waals surface area contributed by atoms with Crippen molar-refractivity contribution in [1.29, 1.82) is 0 Å². The Morgan fingerprint density at radius 2 is 2.30 bits per heavy atom. The minimum Gasteiger partial charge on any atom is -0.480 e. The van der Waals surface area contributed by atoms with Crippen molar-refractivity contribution in [3.05, 3.63) is 12.4 Å². The fraction of sp³-hybridized carbons (Fsp3) is 0.600. The molecule has 1 aromatic heterocycles. The van der Waals surface area contributed by atoms with Crippen LogP contribution < -0.4 is 0 Å². The Morgan fingerprint density at radius 1 is 1.60 bits per heavy atom. The number of carboxylic acids is 1. The molecule has 1 aromatic rings. The van der Waals surface area contributed by atoms with Gasteiger partial charge < -0.3 is 10.0 Å². The second-order valence-electron chi connectivity index (χ2n) is 5.16. The number of fused-ring (bicyclic) bond motifs is 1. The van der Waals surface area contributed by atoms with Crippen LogP contribution in [0.2, 0.25) is 0 Å². The van der Waals surface area contributed by atoms with Gasteiger partial charge in [-0.3, -0.25) is 9.48 Å². The van der Waals surface area contributed by atoms with Crippen LogP contribution in [0.4, 0.5) is 0 Å². The Balaban J connectivity index is 2.10. The van der Waals surface area contributed by atoms with Gasteiger partial charge in [0.05, 0.1) is 19.2 Å². The molecule has 0 aliphatic carbocycles. The number of aromatic nitrogens is 3.